The number of aromatic nitrogens is 2. The third-order valence-electron chi connectivity index (χ3n) is 5.18. The molecular formula is C21H17F3N4O3. The molecule has 160 valence electrons. The molecule has 0 aliphatic heterocycles. The number of alkyl halides is 3. The van der Waals surface area contributed by atoms with Gasteiger partial charge in [-0.1, -0.05) is 12.1 Å². The van der Waals surface area contributed by atoms with Crippen molar-refractivity contribution in [2.24, 2.45) is 5.92 Å². The van der Waals surface area contributed by atoms with Crippen LogP contribution in [0, 0.1) is 23.0 Å². The quantitative estimate of drug-likeness (QED) is 0.463. The summed E-state index contributed by atoms with van der Waals surface area (Å²) in [6, 6.07) is 12.3. The number of nitrogens with zero attached hydrogens (tertiary/aromatic N) is 3. The third kappa shape index (κ3) is 4.27. The summed E-state index contributed by atoms with van der Waals surface area (Å²) in [6.07, 6.45) is -3.85. The number of rotatable bonds is 5. The van der Waals surface area contributed by atoms with Crippen molar-refractivity contribution in [1.29, 1.82) is 0 Å². The van der Waals surface area contributed by atoms with Gasteiger partial charge >= 0.3 is 6.18 Å². The van der Waals surface area contributed by atoms with E-state index in [0.29, 0.717) is 29.2 Å². The SMILES string of the molecule is Cc1cc(NC(=O)C2CC2c2ccc(C(F)(F)F)cc2)n(-c2ccc([N+](=O)[O-])cc2)n1. The lowest BCUT2D eigenvalue weighted by molar-refractivity contribution is -0.384. The summed E-state index contributed by atoms with van der Waals surface area (Å²) in [4.78, 5) is 23.0. The van der Waals surface area contributed by atoms with Crippen LogP contribution in [0.3, 0.4) is 0 Å². The van der Waals surface area contributed by atoms with E-state index in [4.69, 9.17) is 0 Å². The number of benzene rings is 2. The smallest absolute Gasteiger partial charge is 0.310 e. The van der Waals surface area contributed by atoms with Gasteiger partial charge in [-0.25, -0.2) is 4.68 Å². The van der Waals surface area contributed by atoms with E-state index in [2.05, 4.69) is 10.4 Å². The van der Waals surface area contributed by atoms with Gasteiger partial charge in [0.2, 0.25) is 5.91 Å². The summed E-state index contributed by atoms with van der Waals surface area (Å²) in [6.45, 7) is 1.75. The Bertz CT molecular complexity index is 1140. The van der Waals surface area contributed by atoms with Gasteiger partial charge in [-0.2, -0.15) is 18.3 Å². The van der Waals surface area contributed by atoms with Crippen molar-refractivity contribution >= 4 is 17.4 Å². The van der Waals surface area contributed by atoms with Crippen LogP contribution in [0.1, 0.15) is 29.2 Å². The molecule has 7 nitrogen and oxygen atoms in total. The molecule has 1 fully saturated rings. The molecule has 1 saturated carbocycles. The van der Waals surface area contributed by atoms with E-state index in [-0.39, 0.29) is 23.4 Å². The maximum absolute atomic E-state index is 12.7. The fourth-order valence-corrected chi connectivity index (χ4v) is 3.49. The number of nitro benzene ring substituents is 1. The molecule has 0 radical (unpaired) electrons. The van der Waals surface area contributed by atoms with E-state index in [1.807, 2.05) is 0 Å². The van der Waals surface area contributed by atoms with Gasteiger partial charge in [0.1, 0.15) is 5.82 Å². The molecule has 10 heteroatoms. The Kier molecular flexibility index (Phi) is 5.00. The normalized spacial score (nSPS) is 17.9. The van der Waals surface area contributed by atoms with Crippen LogP contribution in [-0.2, 0) is 11.0 Å². The number of halogens is 3. The van der Waals surface area contributed by atoms with Crippen molar-refractivity contribution in [3.8, 4) is 5.69 Å². The van der Waals surface area contributed by atoms with Crippen LogP contribution < -0.4 is 5.32 Å². The molecule has 31 heavy (non-hydrogen) atoms. The van der Waals surface area contributed by atoms with Gasteiger partial charge in [-0.05, 0) is 49.1 Å². The summed E-state index contributed by atoms with van der Waals surface area (Å²) >= 11 is 0. The molecular weight excluding hydrogens is 413 g/mol. The fourth-order valence-electron chi connectivity index (χ4n) is 3.49. The van der Waals surface area contributed by atoms with Crippen LogP contribution in [0.2, 0.25) is 0 Å². The summed E-state index contributed by atoms with van der Waals surface area (Å²) in [5.41, 5.74) is 1.09. The molecule has 1 aliphatic rings. The Hall–Kier alpha value is -3.69. The minimum Gasteiger partial charge on any atom is -0.310 e. The number of amides is 1. The molecule has 1 N–H and O–H groups in total. The maximum Gasteiger partial charge on any atom is 0.416 e. The molecule has 2 aromatic carbocycles. The van der Waals surface area contributed by atoms with E-state index in [9.17, 15) is 28.1 Å². The fraction of sp³-hybridized carbons (Fsp3) is 0.238. The van der Waals surface area contributed by atoms with Gasteiger partial charge in [-0.3, -0.25) is 14.9 Å². The van der Waals surface area contributed by atoms with E-state index in [0.717, 1.165) is 12.1 Å². The predicted molar refractivity (Wildman–Crippen MR) is 106 cm³/mol. The lowest BCUT2D eigenvalue weighted by Crippen LogP contribution is -2.17. The van der Waals surface area contributed by atoms with Gasteiger partial charge in [0.25, 0.3) is 5.69 Å². The predicted octanol–water partition coefficient (Wildman–Crippen LogP) is 4.85. The van der Waals surface area contributed by atoms with Crippen molar-refractivity contribution in [3.05, 3.63) is 81.5 Å². The zero-order valence-corrected chi connectivity index (χ0v) is 16.3. The van der Waals surface area contributed by atoms with Crippen LogP contribution in [0.15, 0.2) is 54.6 Å². The lowest BCUT2D eigenvalue weighted by atomic mass is 10.1. The topological polar surface area (TPSA) is 90.1 Å². The average molecular weight is 430 g/mol. The number of anilines is 1. The highest BCUT2D eigenvalue weighted by Crippen LogP contribution is 2.48. The van der Waals surface area contributed by atoms with Gasteiger partial charge < -0.3 is 5.32 Å². The van der Waals surface area contributed by atoms with Gasteiger partial charge in [-0.15, -0.1) is 0 Å². The van der Waals surface area contributed by atoms with Crippen molar-refractivity contribution in [2.75, 3.05) is 5.32 Å². The molecule has 1 amide bonds. The number of carbonyl (C=O) groups is 1. The monoisotopic (exact) mass is 430 g/mol. The number of hydrogen-bond acceptors (Lipinski definition) is 4. The van der Waals surface area contributed by atoms with Crippen LogP contribution >= 0.6 is 0 Å². The number of aryl methyl sites for hydroxylation is 1. The van der Waals surface area contributed by atoms with Crippen molar-refractivity contribution in [2.45, 2.75) is 25.4 Å². The van der Waals surface area contributed by atoms with Crippen LogP contribution in [0.25, 0.3) is 5.69 Å². The average Bonchev–Trinajstić information content (AvgIpc) is 3.44. The molecule has 0 spiro atoms. The molecule has 0 bridgehead atoms. The molecule has 0 saturated heterocycles. The Morgan fingerprint density at radius 1 is 1.16 bits per heavy atom. The molecule has 1 heterocycles. The van der Waals surface area contributed by atoms with Crippen molar-refractivity contribution < 1.29 is 22.9 Å². The molecule has 4 rings (SSSR count). The van der Waals surface area contributed by atoms with Crippen LogP contribution in [0.5, 0.6) is 0 Å². The van der Waals surface area contributed by atoms with E-state index < -0.39 is 16.7 Å². The Labute approximate surface area is 174 Å². The minimum atomic E-state index is -4.40. The first-order valence-corrected chi connectivity index (χ1v) is 9.43. The summed E-state index contributed by atoms with van der Waals surface area (Å²) in [5.74, 6) is -0.334. The zero-order chi connectivity index (χ0) is 22.3. The highest BCUT2D eigenvalue weighted by Gasteiger charge is 2.44. The van der Waals surface area contributed by atoms with Gasteiger partial charge in [0.05, 0.1) is 21.9 Å². The third-order valence-corrected chi connectivity index (χ3v) is 5.18. The summed E-state index contributed by atoms with van der Waals surface area (Å²) < 4.78 is 39.6. The van der Waals surface area contributed by atoms with Crippen molar-refractivity contribution in [1.82, 2.24) is 9.78 Å². The molecule has 2 atom stereocenters. The molecule has 1 aliphatic carbocycles. The first-order valence-electron chi connectivity index (χ1n) is 9.43. The molecule has 2 unspecified atom stereocenters. The largest absolute Gasteiger partial charge is 0.416 e. The standard InChI is InChI=1S/C21H17F3N4O3/c1-12-10-19(27(26-12)15-6-8-16(9-7-15)28(30)31)25-20(29)18-11-17(18)13-2-4-14(5-3-13)21(22,23)24/h2-10,17-18H,11H2,1H3,(H,25,29). The second-order valence-corrected chi connectivity index (χ2v) is 7.41. The number of non-ortho nitro benzene ring substituents is 1. The number of nitro groups is 1. The lowest BCUT2D eigenvalue weighted by Gasteiger charge is -2.09. The van der Waals surface area contributed by atoms with E-state index in [1.54, 1.807) is 13.0 Å². The Morgan fingerprint density at radius 3 is 2.39 bits per heavy atom. The first kappa shape index (κ1) is 20.6. The molecule has 1 aromatic heterocycles. The minimum absolute atomic E-state index is 0.0597. The highest BCUT2D eigenvalue weighted by molar-refractivity contribution is 5.94. The highest BCUT2D eigenvalue weighted by atomic mass is 19.4. The number of carbonyl (C=O) groups excluding carboxylic acids is 1. The van der Waals surface area contributed by atoms with Crippen LogP contribution in [-0.4, -0.2) is 20.6 Å². The van der Waals surface area contributed by atoms with Gasteiger partial charge in [0, 0.05) is 24.1 Å². The number of nitrogens with one attached hydrogen (secondary N) is 1. The van der Waals surface area contributed by atoms with Gasteiger partial charge in [0.15, 0.2) is 0 Å². The Balaban J connectivity index is 1.47. The first-order chi connectivity index (χ1) is 14.6. The summed E-state index contributed by atoms with van der Waals surface area (Å²) in [5, 5.41) is 18.0. The summed E-state index contributed by atoms with van der Waals surface area (Å²) in [7, 11) is 0. The van der Waals surface area contributed by atoms with E-state index >= 15 is 0 Å². The maximum atomic E-state index is 12.7. The van der Waals surface area contributed by atoms with Crippen molar-refractivity contribution in [3.63, 3.8) is 0 Å². The second-order valence-electron chi connectivity index (χ2n) is 7.41. The zero-order valence-electron chi connectivity index (χ0n) is 16.3. The number of hydrogen-bond donors (Lipinski definition) is 1. The van der Waals surface area contributed by atoms with Crippen LogP contribution in [0.4, 0.5) is 24.7 Å². The molecule has 3 aromatic rings. The van der Waals surface area contributed by atoms with E-state index in [1.165, 1.54) is 41.1 Å². The Morgan fingerprint density at radius 2 is 1.81 bits per heavy atom. The second kappa shape index (κ2) is 7.53.